The lowest BCUT2D eigenvalue weighted by Crippen LogP contribution is -2.47. The largest absolute Gasteiger partial charge is 0.413 e. The first-order chi connectivity index (χ1) is 57.5. The Balaban J connectivity index is 0.000000844. The van der Waals surface area contributed by atoms with Gasteiger partial charge in [-0.3, -0.25) is 9.59 Å². The number of amides is 2. The monoisotopic (exact) mass is 2970 g/mol. The molecule has 2 amide bonds. The standard InChI is InChI=1S/C30H45NO4Si.C17H27NO4.H36P34.H35P33/c1-9-14-22(2)25-17-13-18-26-30(6,34-28(33-26)23-15-11-10-12-16-23)20-19-24(21-27(32)31-25)35-36(7,8)29(3,4)5;1-4-6-12(2)14-7-5-8-15(20)17(3,22)10-9-13(19)11-16(21)18-14;1-19(2)28(20(3)4)32(27(17)18)34(31(25(13)14)26(15)16)33(29(21(5)6)22(7)8)30(23(9)10)24(11)12;1-18-27(19(2)3)31(26(16)17)33(30(24(12)13)25(14)15)32(28(20(4)5)21(6)7)29(22(8)9)23(10)11/h9-16,18,24-26,28H,1,17,19-21H2,2-8H3,(H,31,32);4-6,8,13-15,19-20,22H,1,7,9-11H2,2-3H3,(H,18,21);1-18H2;18H,1-17H2/b18-13+,22-14+;8-5+,12-6+;;/t24-,25+,26+,28+,30-;13-,14+,15+,17-;;/m11../s1. The Morgan fingerprint density at radius 1 is 0.480 bits per heavy atom. The number of aliphatic hydroxyl groups is 3. The fraction of sp³-hybridized carbons (Fsp3) is 0.574. The number of nitrogens with one attached hydrogen (secondary N) is 2. The van der Waals surface area contributed by atoms with E-state index in [-0.39, 0.29) is 277 Å². The summed E-state index contributed by atoms with van der Waals surface area (Å²) < 4.78 is 19.8. The van der Waals surface area contributed by atoms with E-state index in [2.05, 4.69) is 389 Å². The van der Waals surface area contributed by atoms with Gasteiger partial charge in [0.05, 0.1) is 48.3 Å². The maximum atomic E-state index is 13.2. The second-order valence-electron chi connectivity index (χ2n) is 28.4. The van der Waals surface area contributed by atoms with Gasteiger partial charge in [0.1, 0.15) is 12.2 Å². The molecule has 0 aromatic heterocycles. The third-order valence-electron chi connectivity index (χ3n) is 17.5. The third kappa shape index (κ3) is 54.3. The van der Waals surface area contributed by atoms with Gasteiger partial charge in [-0.2, -0.15) is 0 Å². The maximum Gasteiger partial charge on any atom is 0.223 e. The van der Waals surface area contributed by atoms with E-state index in [0.717, 1.165) is 37.5 Å². The number of aliphatic hydroxyl groups excluding tert-OH is 2. The first-order valence-corrected chi connectivity index (χ1v) is 159. The van der Waals surface area contributed by atoms with Crippen LogP contribution in [0.25, 0.3) is 0 Å². The number of carbonyl (C=O) groups excluding carboxylic acids is 2. The molecule has 728 valence electrons. The Hall–Kier alpha value is 25.4. The fourth-order valence-corrected chi connectivity index (χ4v) is 912. The van der Waals surface area contributed by atoms with Crippen molar-refractivity contribution in [2.45, 2.75) is 172 Å². The summed E-state index contributed by atoms with van der Waals surface area (Å²) in [5, 5.41) is 36.4. The molecule has 78 heteroatoms. The molecule has 1 saturated heterocycles. The molecule has 10 nitrogen and oxygen atoms in total. The zero-order valence-electron chi connectivity index (χ0n) is 71.1. The molecule has 50 atom stereocenters. The second-order valence-corrected chi connectivity index (χ2v) is 303. The first kappa shape index (κ1) is 148. The molecule has 0 saturated carbocycles. The average Bonchev–Trinajstić information content (AvgIpc) is 1.59. The Bertz CT molecular complexity index is 3300. The number of carbonyl (C=O) groups is 2. The molecule has 5 N–H and O–H groups in total. The number of ether oxygens (including phenoxy) is 2. The number of fused-ring (bicyclic) bond motifs is 1. The molecule has 1 fully saturated rings. The number of rotatable bonds is 37. The highest BCUT2D eigenvalue weighted by atomic mass is 33.5. The van der Waals surface area contributed by atoms with Crippen molar-refractivity contribution in [1.29, 1.82) is 0 Å². The van der Waals surface area contributed by atoms with Crippen molar-refractivity contribution in [1.82, 2.24) is 10.6 Å². The van der Waals surface area contributed by atoms with Crippen molar-refractivity contribution in [3.05, 3.63) is 109 Å². The minimum absolute atomic E-state index is 0.000249. The van der Waals surface area contributed by atoms with Crippen LogP contribution < -0.4 is 10.6 Å². The molecule has 125 heavy (non-hydrogen) atoms. The van der Waals surface area contributed by atoms with E-state index < -0.39 is 38.0 Å². The minimum atomic E-state index is -2.08. The van der Waals surface area contributed by atoms with E-state index in [4.69, 9.17) is 13.9 Å². The quantitative estimate of drug-likeness (QED) is 0.0192. The summed E-state index contributed by atoms with van der Waals surface area (Å²) in [6.45, 7) is 25.1. The molecule has 3 aliphatic rings. The third-order valence-corrected chi connectivity index (χ3v) is 468. The lowest BCUT2D eigenvalue weighted by atomic mass is 9.90. The van der Waals surface area contributed by atoms with Crippen LogP contribution in [-0.2, 0) is 23.5 Å². The number of hydrogen-bond acceptors (Lipinski definition) is 8. The Kier molecular flexibility index (Phi) is 92.6. The van der Waals surface area contributed by atoms with E-state index in [1.54, 1.807) is 18.2 Å². The minimum Gasteiger partial charge on any atom is -0.413 e. The van der Waals surface area contributed by atoms with Crippen LogP contribution in [0.5, 0.6) is 0 Å². The Morgan fingerprint density at radius 3 is 1.12 bits per heavy atom. The molecule has 0 aliphatic carbocycles. The molecule has 41 unspecified atom stereocenters. The van der Waals surface area contributed by atoms with Gasteiger partial charge in [0.25, 0.3) is 0 Å². The summed E-state index contributed by atoms with van der Waals surface area (Å²) in [6.07, 6.45) is 15.4. The second kappa shape index (κ2) is 78.0. The Morgan fingerprint density at radius 2 is 0.800 bits per heavy atom. The lowest BCUT2D eigenvalue weighted by molar-refractivity contribution is -0.124. The van der Waals surface area contributed by atoms with Gasteiger partial charge in [0.15, 0.2) is 14.6 Å². The number of allylic oxidation sites excluding steroid dienone is 4. The molecular weight excluding hydrogens is 2820 g/mol. The van der Waals surface area contributed by atoms with Crippen molar-refractivity contribution in [2.75, 3.05) is 0 Å². The highest BCUT2D eigenvalue weighted by Crippen LogP contribution is 3.42. The van der Waals surface area contributed by atoms with E-state index in [1.807, 2.05) is 56.3 Å². The van der Waals surface area contributed by atoms with Gasteiger partial charge in [0, 0.05) is 5.56 Å². The van der Waals surface area contributed by atoms with Gasteiger partial charge in [-0.05, 0) is 301 Å². The maximum absolute atomic E-state index is 13.2. The number of hydrogen-bond donors (Lipinski definition) is 5. The van der Waals surface area contributed by atoms with Gasteiger partial charge in [-0.1, -0.05) is 132 Å². The van der Waals surface area contributed by atoms with Gasteiger partial charge in [-0.25, -0.2) is 0 Å². The zero-order chi connectivity index (χ0) is 96.9. The van der Waals surface area contributed by atoms with Crippen LogP contribution in [-0.4, -0.2) is 83.2 Å². The summed E-state index contributed by atoms with van der Waals surface area (Å²) in [4.78, 5) is 25.2. The van der Waals surface area contributed by atoms with E-state index >= 15 is 0 Å². The molecule has 4 rings (SSSR count). The number of benzene rings is 1. The van der Waals surface area contributed by atoms with E-state index in [0.29, 0.717) is 19.3 Å². The topological polar surface area (TPSA) is 147 Å². The van der Waals surface area contributed by atoms with Crippen LogP contribution in [0, 0.1) is 0 Å². The van der Waals surface area contributed by atoms with Crippen LogP contribution in [0.1, 0.15) is 112 Å². The summed E-state index contributed by atoms with van der Waals surface area (Å²) in [5.41, 5.74) is 1.16. The molecule has 0 bridgehead atoms. The summed E-state index contributed by atoms with van der Waals surface area (Å²) in [6, 6.07) is 9.74. The van der Waals surface area contributed by atoms with Crippen molar-refractivity contribution in [3.8, 4) is 0 Å². The molecule has 3 heterocycles. The smallest absolute Gasteiger partial charge is 0.223 e. The molecule has 0 spiro atoms. The predicted molar refractivity (Wildman–Crippen MR) is 798 cm³/mol. The van der Waals surface area contributed by atoms with Crippen LogP contribution in [0.4, 0.5) is 0 Å². The normalized spacial score (nSPS) is 24.3. The lowest BCUT2D eigenvalue weighted by Gasteiger charge is -2.54. The summed E-state index contributed by atoms with van der Waals surface area (Å²) >= 11 is 0. The van der Waals surface area contributed by atoms with Crippen molar-refractivity contribution < 1.29 is 38.8 Å². The van der Waals surface area contributed by atoms with Crippen LogP contribution in [0.3, 0.4) is 0 Å². The van der Waals surface area contributed by atoms with Crippen LogP contribution in [0.2, 0.25) is 18.1 Å². The molecule has 0 radical (unpaired) electrons. The molecule has 1 aromatic rings. The fourth-order valence-electron chi connectivity index (χ4n) is 10.6. The van der Waals surface area contributed by atoms with Crippen molar-refractivity contribution >= 4 is 557 Å². The van der Waals surface area contributed by atoms with Gasteiger partial charge < -0.3 is 39.9 Å². The summed E-state index contributed by atoms with van der Waals surface area (Å²) in [7, 11) is 115. The SMILES string of the molecule is C=C/C=C(\C)[C@@H]1C/C=C/[C@@H]2O[C@H](c3ccccc3)O[C@]2(C)CC[C@@H](O[Si](C)(C)C(C)(C)C)CC(=O)N1.C=C/C=C(\C)[C@@H]1C/C=C/[C@H](O)[C@](C)(O)CC[C@@H](O)CC(=O)N1.PP(P)P(P(P)P)P(P(P)P)P(P(P(P)P)P(P)P)P(P(P(P)P)P(P)P)P(P(P)P)P(P)P.PPP(P(P)P)P(P(P)P)P(P(P(P)P)P(P)P)P(P(P(P)P)P(P)P)P(P(P)P)P(P)P. The average molecular weight is 2970 g/mol. The molecule has 1 aromatic carbocycles. The van der Waals surface area contributed by atoms with Gasteiger partial charge >= 0.3 is 0 Å². The van der Waals surface area contributed by atoms with Crippen LogP contribution >= 0.6 is 537 Å². The van der Waals surface area contributed by atoms with Crippen molar-refractivity contribution in [2.24, 2.45) is 0 Å². The predicted octanol–water partition coefficient (Wildman–Crippen LogP) is 46.9. The highest BCUT2D eigenvalue weighted by molar-refractivity contribution is 9.48. The van der Waals surface area contributed by atoms with Gasteiger partial charge in [-0.15, -0.1) is 312 Å². The highest BCUT2D eigenvalue weighted by Gasteiger charge is 2.56. The summed E-state index contributed by atoms with van der Waals surface area (Å²) in [5.74, 6) is -0.217. The van der Waals surface area contributed by atoms with Gasteiger partial charge in [0.2, 0.25) is 11.8 Å². The molecular formula is C47H143N2O8P67Si. The zero-order valence-corrected chi connectivity index (χ0v) is 141. The first-order valence-electron chi connectivity index (χ1n) is 35.8. The van der Waals surface area contributed by atoms with E-state index in [1.165, 1.54) is 13.0 Å². The van der Waals surface area contributed by atoms with Crippen molar-refractivity contribution in [3.63, 3.8) is 0 Å². The van der Waals surface area contributed by atoms with E-state index in [9.17, 15) is 24.9 Å². The van der Waals surface area contributed by atoms with Crippen LogP contribution in [0.15, 0.2) is 103 Å². The Labute approximate surface area is 876 Å². The molecule has 3 aliphatic heterocycles.